The molecule has 1 fully saturated rings. The number of rotatable bonds is 2. The van der Waals surface area contributed by atoms with Crippen LogP contribution < -0.4 is 5.32 Å². The summed E-state index contributed by atoms with van der Waals surface area (Å²) in [6.07, 6.45) is 3.97. The highest BCUT2D eigenvalue weighted by Crippen LogP contribution is 2.09. The van der Waals surface area contributed by atoms with Crippen LogP contribution in [0.4, 0.5) is 0 Å². The third-order valence-electron chi connectivity index (χ3n) is 2.89. The van der Waals surface area contributed by atoms with Gasteiger partial charge in [-0.05, 0) is 18.6 Å². The Kier molecular flexibility index (Phi) is 3.37. The molecule has 1 unspecified atom stereocenters. The lowest BCUT2D eigenvalue weighted by Gasteiger charge is -2.14. The number of likely N-dealkylation sites (tertiary alicyclic amines) is 1. The van der Waals surface area contributed by atoms with Crippen LogP contribution in [0.25, 0.3) is 0 Å². The molecule has 2 amide bonds. The fraction of sp³-hybridized carbons (Fsp3) is 0.417. The zero-order chi connectivity index (χ0) is 12.3. The van der Waals surface area contributed by atoms with Crippen LogP contribution in [0.1, 0.15) is 23.7 Å². The van der Waals surface area contributed by atoms with E-state index >= 15 is 0 Å². The van der Waals surface area contributed by atoms with Crippen molar-refractivity contribution in [3.8, 4) is 0 Å². The van der Waals surface area contributed by atoms with Gasteiger partial charge < -0.3 is 10.2 Å². The molecule has 17 heavy (non-hydrogen) atoms. The summed E-state index contributed by atoms with van der Waals surface area (Å²) in [6, 6.07) is 3.50. The number of carbonyl (C=O) groups excluding carboxylic acids is 2. The van der Waals surface area contributed by atoms with Gasteiger partial charge in [0.1, 0.15) is 0 Å². The zero-order valence-corrected chi connectivity index (χ0v) is 9.72. The van der Waals surface area contributed by atoms with Gasteiger partial charge in [0.2, 0.25) is 5.91 Å². The van der Waals surface area contributed by atoms with Crippen molar-refractivity contribution in [2.24, 2.45) is 0 Å². The number of nitrogens with one attached hydrogen (secondary N) is 1. The van der Waals surface area contributed by atoms with E-state index in [1.165, 1.54) is 6.20 Å². The van der Waals surface area contributed by atoms with Gasteiger partial charge in [0, 0.05) is 38.4 Å². The highest BCUT2D eigenvalue weighted by atomic mass is 16.2. The van der Waals surface area contributed by atoms with Crippen molar-refractivity contribution in [1.29, 1.82) is 0 Å². The minimum atomic E-state index is -0.131. The van der Waals surface area contributed by atoms with Gasteiger partial charge in [-0.15, -0.1) is 0 Å². The van der Waals surface area contributed by atoms with Crippen LogP contribution in [0.3, 0.4) is 0 Å². The summed E-state index contributed by atoms with van der Waals surface area (Å²) in [5.74, 6) is -0.0726. The normalized spacial score (nSPS) is 19.1. The number of nitrogens with zero attached hydrogens (tertiary/aromatic N) is 2. The molecule has 5 heteroatoms. The second kappa shape index (κ2) is 4.95. The lowest BCUT2D eigenvalue weighted by atomic mass is 10.2. The molecule has 2 heterocycles. The molecular weight excluding hydrogens is 218 g/mol. The number of hydrogen-bond donors (Lipinski definition) is 1. The van der Waals surface area contributed by atoms with E-state index < -0.39 is 0 Å². The first kappa shape index (κ1) is 11.6. The molecule has 5 nitrogen and oxygen atoms in total. The Bertz CT molecular complexity index is 419. The van der Waals surface area contributed by atoms with Crippen LogP contribution in [-0.2, 0) is 4.79 Å². The molecule has 0 saturated carbocycles. The Balaban J connectivity index is 1.91. The maximum Gasteiger partial charge on any atom is 0.253 e. The van der Waals surface area contributed by atoms with Crippen molar-refractivity contribution >= 4 is 11.8 Å². The Morgan fingerprint density at radius 2 is 2.35 bits per heavy atom. The number of pyridine rings is 1. The SMILES string of the molecule is CC(=O)N1CCC(NC(=O)c2cccnc2)C1. The minimum Gasteiger partial charge on any atom is -0.347 e. The van der Waals surface area contributed by atoms with Gasteiger partial charge >= 0.3 is 0 Å². The largest absolute Gasteiger partial charge is 0.347 e. The Morgan fingerprint density at radius 3 is 2.94 bits per heavy atom. The molecule has 0 aromatic carbocycles. The smallest absolute Gasteiger partial charge is 0.253 e. The summed E-state index contributed by atoms with van der Waals surface area (Å²) in [4.78, 5) is 28.6. The van der Waals surface area contributed by atoms with Gasteiger partial charge in [0.15, 0.2) is 0 Å². The van der Waals surface area contributed by atoms with Crippen LogP contribution >= 0.6 is 0 Å². The number of hydrogen-bond acceptors (Lipinski definition) is 3. The van der Waals surface area contributed by atoms with Gasteiger partial charge in [-0.25, -0.2) is 0 Å². The van der Waals surface area contributed by atoms with Crippen molar-refractivity contribution < 1.29 is 9.59 Å². The number of aromatic nitrogens is 1. The van der Waals surface area contributed by atoms with E-state index in [9.17, 15) is 9.59 Å². The monoisotopic (exact) mass is 233 g/mol. The summed E-state index contributed by atoms with van der Waals surface area (Å²) < 4.78 is 0. The molecular formula is C12H15N3O2. The predicted octanol–water partition coefficient (Wildman–Crippen LogP) is 0.432. The first-order valence-electron chi connectivity index (χ1n) is 5.63. The lowest BCUT2D eigenvalue weighted by molar-refractivity contribution is -0.127. The van der Waals surface area contributed by atoms with Gasteiger partial charge in [-0.3, -0.25) is 14.6 Å². The van der Waals surface area contributed by atoms with Crippen molar-refractivity contribution in [3.05, 3.63) is 30.1 Å². The maximum absolute atomic E-state index is 11.8. The summed E-state index contributed by atoms with van der Waals surface area (Å²) in [6.45, 7) is 2.86. The van der Waals surface area contributed by atoms with Crippen LogP contribution in [0.5, 0.6) is 0 Å². The first-order valence-corrected chi connectivity index (χ1v) is 5.63. The topological polar surface area (TPSA) is 62.3 Å². The molecule has 1 saturated heterocycles. The van der Waals surface area contributed by atoms with E-state index in [0.717, 1.165) is 6.42 Å². The van der Waals surface area contributed by atoms with E-state index in [1.54, 1.807) is 30.2 Å². The summed E-state index contributed by atoms with van der Waals surface area (Å²) in [5, 5.41) is 2.91. The van der Waals surface area contributed by atoms with E-state index in [0.29, 0.717) is 18.7 Å². The minimum absolute atomic E-state index is 0.0478. The average Bonchev–Trinajstić information content (AvgIpc) is 2.79. The molecule has 1 aliphatic heterocycles. The molecule has 1 aromatic heterocycles. The summed E-state index contributed by atoms with van der Waals surface area (Å²) >= 11 is 0. The van der Waals surface area contributed by atoms with Crippen molar-refractivity contribution in [2.45, 2.75) is 19.4 Å². The molecule has 0 radical (unpaired) electrons. The van der Waals surface area contributed by atoms with Crippen LogP contribution in [0.15, 0.2) is 24.5 Å². The molecule has 2 rings (SSSR count). The van der Waals surface area contributed by atoms with Crippen molar-refractivity contribution in [2.75, 3.05) is 13.1 Å². The lowest BCUT2D eigenvalue weighted by Crippen LogP contribution is -2.38. The third kappa shape index (κ3) is 2.81. The fourth-order valence-electron chi connectivity index (χ4n) is 1.93. The standard InChI is InChI=1S/C12H15N3O2/c1-9(16)15-6-4-11(8-15)14-12(17)10-3-2-5-13-7-10/h2-3,5,7,11H,4,6,8H2,1H3,(H,14,17). The molecule has 0 aliphatic carbocycles. The van der Waals surface area contributed by atoms with Crippen molar-refractivity contribution in [3.63, 3.8) is 0 Å². The highest BCUT2D eigenvalue weighted by molar-refractivity contribution is 5.94. The van der Waals surface area contributed by atoms with Gasteiger partial charge in [-0.1, -0.05) is 0 Å². The fourth-order valence-corrected chi connectivity index (χ4v) is 1.93. The number of amides is 2. The number of carbonyl (C=O) groups is 2. The van der Waals surface area contributed by atoms with Gasteiger partial charge in [-0.2, -0.15) is 0 Å². The van der Waals surface area contributed by atoms with Gasteiger partial charge in [0.25, 0.3) is 5.91 Å². The summed E-state index contributed by atoms with van der Waals surface area (Å²) in [7, 11) is 0. The van der Waals surface area contributed by atoms with E-state index in [2.05, 4.69) is 10.3 Å². The predicted molar refractivity (Wildman–Crippen MR) is 62.4 cm³/mol. The maximum atomic E-state index is 11.8. The average molecular weight is 233 g/mol. The van der Waals surface area contributed by atoms with E-state index in [-0.39, 0.29) is 17.9 Å². The second-order valence-electron chi connectivity index (χ2n) is 4.17. The van der Waals surface area contributed by atoms with Crippen molar-refractivity contribution in [1.82, 2.24) is 15.2 Å². The summed E-state index contributed by atoms with van der Waals surface area (Å²) in [5.41, 5.74) is 0.550. The molecule has 1 N–H and O–H groups in total. The second-order valence-corrected chi connectivity index (χ2v) is 4.17. The molecule has 1 aromatic rings. The third-order valence-corrected chi connectivity index (χ3v) is 2.89. The van der Waals surface area contributed by atoms with Crippen LogP contribution in [-0.4, -0.2) is 40.8 Å². The molecule has 90 valence electrons. The van der Waals surface area contributed by atoms with Gasteiger partial charge in [0.05, 0.1) is 5.56 Å². The molecule has 0 bridgehead atoms. The zero-order valence-electron chi connectivity index (χ0n) is 9.72. The molecule has 1 atom stereocenters. The Labute approximate surface area is 99.8 Å². The highest BCUT2D eigenvalue weighted by Gasteiger charge is 2.25. The van der Waals surface area contributed by atoms with E-state index in [4.69, 9.17) is 0 Å². The molecule has 0 spiro atoms. The first-order chi connectivity index (χ1) is 8.16. The Morgan fingerprint density at radius 1 is 1.53 bits per heavy atom. The molecule has 1 aliphatic rings. The van der Waals surface area contributed by atoms with E-state index in [1.807, 2.05) is 0 Å². The van der Waals surface area contributed by atoms with Crippen LogP contribution in [0, 0.1) is 0 Å². The Hall–Kier alpha value is -1.91. The quantitative estimate of drug-likeness (QED) is 0.806. The van der Waals surface area contributed by atoms with Crippen LogP contribution in [0.2, 0.25) is 0 Å².